The molecule has 2 saturated heterocycles. The molecule has 4 rings (SSSR count). The van der Waals surface area contributed by atoms with Crippen LogP contribution in [0.3, 0.4) is 0 Å². The van der Waals surface area contributed by atoms with Crippen molar-refractivity contribution in [2.75, 3.05) is 19.6 Å². The molecule has 1 amide bonds. The van der Waals surface area contributed by atoms with Gasteiger partial charge in [-0.3, -0.25) is 9.69 Å². The number of carbonyl (C=O) groups is 1. The molecule has 2 aromatic rings. The van der Waals surface area contributed by atoms with E-state index in [2.05, 4.69) is 15.2 Å². The minimum absolute atomic E-state index is 0.0572. The lowest BCUT2D eigenvalue weighted by atomic mass is 9.88. The molecular weight excluding hydrogens is 377 g/mol. The van der Waals surface area contributed by atoms with Crippen LogP contribution in [0.5, 0.6) is 0 Å². The lowest BCUT2D eigenvalue weighted by Gasteiger charge is -2.39. The molecule has 1 spiro atoms. The normalized spacial score (nSPS) is 21.9. The predicted molar refractivity (Wildman–Crippen MR) is 107 cm³/mol. The van der Waals surface area contributed by atoms with Crippen LogP contribution in [0.15, 0.2) is 29.6 Å². The van der Waals surface area contributed by atoms with E-state index >= 15 is 0 Å². The number of thiazole rings is 1. The highest BCUT2D eigenvalue weighted by Gasteiger charge is 2.42. The van der Waals surface area contributed by atoms with Gasteiger partial charge in [-0.05, 0) is 38.7 Å². The summed E-state index contributed by atoms with van der Waals surface area (Å²) in [5.74, 6) is -0.264. The third kappa shape index (κ3) is 4.42. The number of halogens is 1. The molecule has 0 radical (unpaired) electrons. The molecule has 28 heavy (non-hydrogen) atoms. The molecule has 2 aliphatic rings. The molecule has 1 aromatic carbocycles. The highest BCUT2D eigenvalue weighted by atomic mass is 32.1. The zero-order chi connectivity index (χ0) is 19.6. The first-order valence-electron chi connectivity index (χ1n) is 9.87. The average molecular weight is 404 g/mol. The van der Waals surface area contributed by atoms with Crippen molar-refractivity contribution in [2.24, 2.45) is 0 Å². The number of likely N-dealkylation sites (tertiary alicyclic amines) is 1. The van der Waals surface area contributed by atoms with Crippen LogP contribution in [-0.4, -0.2) is 47.1 Å². The Bertz CT molecular complexity index is 833. The van der Waals surface area contributed by atoms with Crippen LogP contribution >= 0.6 is 11.3 Å². The molecule has 1 atom stereocenters. The largest absolute Gasteiger partial charge is 0.370 e. The summed E-state index contributed by atoms with van der Waals surface area (Å²) in [4.78, 5) is 18.7. The molecule has 7 heteroatoms. The maximum absolute atomic E-state index is 13.9. The van der Waals surface area contributed by atoms with Gasteiger partial charge in [-0.1, -0.05) is 18.2 Å². The molecule has 3 heterocycles. The van der Waals surface area contributed by atoms with Crippen molar-refractivity contribution in [2.45, 2.75) is 50.9 Å². The van der Waals surface area contributed by atoms with Gasteiger partial charge in [0.2, 0.25) is 0 Å². The summed E-state index contributed by atoms with van der Waals surface area (Å²) in [7, 11) is 0. The molecule has 0 saturated carbocycles. The highest BCUT2D eigenvalue weighted by molar-refractivity contribution is 7.09. The lowest BCUT2D eigenvalue weighted by Crippen LogP contribution is -2.45. The first-order chi connectivity index (χ1) is 13.5. The molecule has 1 N–H and O–H groups in total. The number of carbonyl (C=O) groups excluding carboxylic acids is 1. The standard InChI is InChI=1S/C21H26FN3O2S/c1-15-24-19(14-28-15)20(26)23-12-17-6-7-21(27-17)8-10-25(11-9-21)13-16-4-2-3-5-18(16)22/h2-5,14,17H,6-13H2,1H3,(H,23,26). The number of amides is 1. The van der Waals surface area contributed by atoms with Crippen LogP contribution in [0.25, 0.3) is 0 Å². The van der Waals surface area contributed by atoms with E-state index in [0.29, 0.717) is 18.8 Å². The van der Waals surface area contributed by atoms with E-state index < -0.39 is 0 Å². The molecule has 5 nitrogen and oxygen atoms in total. The fourth-order valence-corrected chi connectivity index (χ4v) is 4.75. The van der Waals surface area contributed by atoms with Crippen molar-refractivity contribution in [3.05, 3.63) is 51.7 Å². The van der Waals surface area contributed by atoms with Crippen LogP contribution in [0, 0.1) is 12.7 Å². The molecule has 2 fully saturated rings. The summed E-state index contributed by atoms with van der Waals surface area (Å²) in [6.45, 7) is 4.88. The molecule has 0 bridgehead atoms. The number of rotatable bonds is 5. The van der Waals surface area contributed by atoms with Crippen molar-refractivity contribution >= 4 is 17.2 Å². The van der Waals surface area contributed by atoms with Crippen LogP contribution in [-0.2, 0) is 11.3 Å². The first-order valence-corrected chi connectivity index (χ1v) is 10.7. The van der Waals surface area contributed by atoms with E-state index in [4.69, 9.17) is 4.74 Å². The van der Waals surface area contributed by atoms with Crippen LogP contribution in [0.4, 0.5) is 4.39 Å². The average Bonchev–Trinajstić information content (AvgIpc) is 3.30. The van der Waals surface area contributed by atoms with Gasteiger partial charge in [-0.25, -0.2) is 9.37 Å². The maximum Gasteiger partial charge on any atom is 0.270 e. The molecule has 0 aliphatic carbocycles. The first kappa shape index (κ1) is 19.5. The molecule has 1 aromatic heterocycles. The highest BCUT2D eigenvalue weighted by Crippen LogP contribution is 2.39. The SMILES string of the molecule is Cc1nc(C(=O)NCC2CCC3(CCN(Cc4ccccc4F)CC3)O2)cs1. The Morgan fingerprint density at radius 2 is 2.14 bits per heavy atom. The molecule has 1 unspecified atom stereocenters. The summed E-state index contributed by atoms with van der Waals surface area (Å²) in [5.41, 5.74) is 1.15. The minimum atomic E-state index is -0.133. The van der Waals surface area contributed by atoms with Crippen LogP contribution < -0.4 is 5.32 Å². The van der Waals surface area contributed by atoms with E-state index in [1.165, 1.54) is 17.4 Å². The summed E-state index contributed by atoms with van der Waals surface area (Å²) in [6.07, 6.45) is 3.95. The second-order valence-electron chi connectivity index (χ2n) is 7.79. The Kier molecular flexibility index (Phi) is 5.75. The zero-order valence-corrected chi connectivity index (χ0v) is 16.9. The summed E-state index contributed by atoms with van der Waals surface area (Å²) in [5, 5.41) is 5.63. The van der Waals surface area contributed by atoms with Crippen molar-refractivity contribution in [1.82, 2.24) is 15.2 Å². The van der Waals surface area contributed by atoms with Gasteiger partial charge in [-0.15, -0.1) is 11.3 Å². The lowest BCUT2D eigenvalue weighted by molar-refractivity contribution is -0.0765. The van der Waals surface area contributed by atoms with Crippen LogP contribution in [0.1, 0.15) is 46.7 Å². The summed E-state index contributed by atoms with van der Waals surface area (Å²) < 4.78 is 20.2. The van der Waals surface area contributed by atoms with Gasteiger partial charge in [0.25, 0.3) is 5.91 Å². The Labute approximate surface area is 168 Å². The zero-order valence-electron chi connectivity index (χ0n) is 16.1. The molecule has 2 aliphatic heterocycles. The quantitative estimate of drug-likeness (QED) is 0.830. The summed E-state index contributed by atoms with van der Waals surface area (Å²) in [6, 6.07) is 6.99. The van der Waals surface area contributed by atoms with Gasteiger partial charge in [0.15, 0.2) is 0 Å². The van der Waals surface area contributed by atoms with Crippen molar-refractivity contribution in [3.8, 4) is 0 Å². The van der Waals surface area contributed by atoms with Gasteiger partial charge in [0.05, 0.1) is 16.7 Å². The fraction of sp³-hybridized carbons (Fsp3) is 0.524. The van der Waals surface area contributed by atoms with Gasteiger partial charge < -0.3 is 10.1 Å². The number of nitrogens with zero attached hydrogens (tertiary/aromatic N) is 2. The van der Waals surface area contributed by atoms with Crippen molar-refractivity contribution in [1.29, 1.82) is 0 Å². The number of ether oxygens (including phenoxy) is 1. The number of hydrogen-bond donors (Lipinski definition) is 1. The van der Waals surface area contributed by atoms with E-state index in [1.807, 2.05) is 19.1 Å². The third-order valence-electron chi connectivity index (χ3n) is 5.80. The number of aromatic nitrogens is 1. The van der Waals surface area contributed by atoms with Crippen LogP contribution in [0.2, 0.25) is 0 Å². The number of hydrogen-bond acceptors (Lipinski definition) is 5. The van der Waals surface area contributed by atoms with E-state index in [0.717, 1.165) is 49.3 Å². The Balaban J connectivity index is 1.24. The minimum Gasteiger partial charge on any atom is -0.370 e. The van der Waals surface area contributed by atoms with Gasteiger partial charge >= 0.3 is 0 Å². The molecular formula is C21H26FN3O2S. The Hall–Kier alpha value is -1.83. The van der Waals surface area contributed by atoms with Gasteiger partial charge in [0, 0.05) is 37.1 Å². The Morgan fingerprint density at radius 3 is 2.86 bits per heavy atom. The smallest absolute Gasteiger partial charge is 0.270 e. The maximum atomic E-state index is 13.9. The number of aryl methyl sites for hydroxylation is 1. The monoisotopic (exact) mass is 403 g/mol. The third-order valence-corrected chi connectivity index (χ3v) is 6.57. The predicted octanol–water partition coefficient (Wildman–Crippen LogP) is 3.53. The van der Waals surface area contributed by atoms with Crippen molar-refractivity contribution in [3.63, 3.8) is 0 Å². The van der Waals surface area contributed by atoms with E-state index in [9.17, 15) is 9.18 Å². The second kappa shape index (κ2) is 8.27. The van der Waals surface area contributed by atoms with E-state index in [1.54, 1.807) is 11.4 Å². The fourth-order valence-electron chi connectivity index (χ4n) is 4.16. The molecule has 150 valence electrons. The van der Waals surface area contributed by atoms with E-state index in [-0.39, 0.29) is 23.4 Å². The van der Waals surface area contributed by atoms with Gasteiger partial charge in [0.1, 0.15) is 11.5 Å². The summed E-state index contributed by atoms with van der Waals surface area (Å²) >= 11 is 1.48. The topological polar surface area (TPSA) is 54.5 Å². The number of piperidine rings is 1. The number of nitrogens with one attached hydrogen (secondary N) is 1. The van der Waals surface area contributed by atoms with Crippen molar-refractivity contribution < 1.29 is 13.9 Å². The Morgan fingerprint density at radius 1 is 1.36 bits per heavy atom. The number of benzene rings is 1. The second-order valence-corrected chi connectivity index (χ2v) is 8.85. The van der Waals surface area contributed by atoms with Gasteiger partial charge in [-0.2, -0.15) is 0 Å².